The van der Waals surface area contributed by atoms with Gasteiger partial charge in [0.15, 0.2) is 0 Å². The van der Waals surface area contributed by atoms with Crippen molar-refractivity contribution in [3.8, 4) is 16.9 Å². The third-order valence-corrected chi connectivity index (χ3v) is 3.26. The molecule has 0 spiro atoms. The Labute approximate surface area is 122 Å². The minimum absolute atomic E-state index is 0.244. The third kappa shape index (κ3) is 2.80. The van der Waals surface area contributed by atoms with Crippen LogP contribution in [0.3, 0.4) is 0 Å². The van der Waals surface area contributed by atoms with Crippen molar-refractivity contribution in [2.75, 3.05) is 0 Å². The highest BCUT2D eigenvalue weighted by Crippen LogP contribution is 2.45. The summed E-state index contributed by atoms with van der Waals surface area (Å²) >= 11 is 5.78. The summed E-state index contributed by atoms with van der Waals surface area (Å²) in [4.78, 5) is 11.2. The van der Waals surface area contributed by atoms with Gasteiger partial charge in [0, 0.05) is 5.56 Å². The second-order valence-electron chi connectivity index (χ2n) is 4.24. The van der Waals surface area contributed by atoms with E-state index in [0.717, 1.165) is 0 Å². The van der Waals surface area contributed by atoms with Crippen LogP contribution in [0.4, 0.5) is 13.2 Å². The maximum absolute atomic E-state index is 13.0. The van der Waals surface area contributed by atoms with E-state index >= 15 is 0 Å². The molecule has 0 aliphatic rings. The first-order chi connectivity index (χ1) is 9.73. The predicted molar refractivity (Wildman–Crippen MR) is 72.1 cm³/mol. The maximum Gasteiger partial charge on any atom is 0.417 e. The lowest BCUT2D eigenvalue weighted by molar-refractivity contribution is -0.137. The summed E-state index contributed by atoms with van der Waals surface area (Å²) in [5.74, 6) is -1.85. The average molecular weight is 316 g/mol. The third-order valence-electron chi connectivity index (χ3n) is 2.87. The van der Waals surface area contributed by atoms with Crippen molar-refractivity contribution in [1.82, 2.24) is 0 Å². The van der Waals surface area contributed by atoms with Gasteiger partial charge in [-0.2, -0.15) is 13.2 Å². The molecule has 0 aliphatic heterocycles. The average Bonchev–Trinajstić information content (AvgIpc) is 2.38. The van der Waals surface area contributed by atoms with Crippen LogP contribution in [0.1, 0.15) is 15.9 Å². The Bertz CT molecular complexity index is 700. The first kappa shape index (κ1) is 15.2. The van der Waals surface area contributed by atoms with Gasteiger partial charge < -0.3 is 10.8 Å². The molecule has 7 heteroatoms. The number of phenols is 1. The number of nitrogens with two attached hydrogens (primary N) is 1. The summed E-state index contributed by atoms with van der Waals surface area (Å²) in [7, 11) is 0. The minimum Gasteiger partial charge on any atom is -0.506 e. The van der Waals surface area contributed by atoms with Crippen LogP contribution in [0.25, 0.3) is 11.1 Å². The van der Waals surface area contributed by atoms with E-state index in [1.54, 1.807) is 18.2 Å². The SMILES string of the molecule is NC(=O)c1cc(C(F)(F)F)c(Cl)c(-c2ccccc2)c1O. The van der Waals surface area contributed by atoms with Gasteiger partial charge in [0.1, 0.15) is 5.75 Å². The zero-order chi connectivity index (χ0) is 15.8. The number of carbonyl (C=O) groups is 1. The van der Waals surface area contributed by atoms with E-state index in [1.807, 2.05) is 0 Å². The van der Waals surface area contributed by atoms with Crippen LogP contribution in [0.15, 0.2) is 36.4 Å². The van der Waals surface area contributed by atoms with E-state index < -0.39 is 34.0 Å². The van der Waals surface area contributed by atoms with E-state index in [0.29, 0.717) is 6.07 Å². The summed E-state index contributed by atoms with van der Waals surface area (Å²) in [6.45, 7) is 0. The fourth-order valence-corrected chi connectivity index (χ4v) is 2.27. The monoisotopic (exact) mass is 315 g/mol. The van der Waals surface area contributed by atoms with Crippen molar-refractivity contribution in [2.24, 2.45) is 5.73 Å². The first-order valence-corrected chi connectivity index (χ1v) is 6.09. The Balaban J connectivity index is 2.86. The lowest BCUT2D eigenvalue weighted by Crippen LogP contribution is -2.15. The van der Waals surface area contributed by atoms with E-state index in [9.17, 15) is 23.1 Å². The summed E-state index contributed by atoms with van der Waals surface area (Å²) in [6, 6.07) is 8.16. The Kier molecular flexibility index (Phi) is 3.82. The predicted octanol–water partition coefficient (Wildman–Crippen LogP) is 3.83. The lowest BCUT2D eigenvalue weighted by atomic mass is 9.97. The summed E-state index contributed by atoms with van der Waals surface area (Å²) < 4.78 is 39.0. The van der Waals surface area contributed by atoms with Gasteiger partial charge in [-0.15, -0.1) is 0 Å². The summed E-state index contributed by atoms with van der Waals surface area (Å²) in [6.07, 6.45) is -4.78. The summed E-state index contributed by atoms with van der Waals surface area (Å²) in [5.41, 5.74) is 3.12. The minimum atomic E-state index is -4.78. The van der Waals surface area contributed by atoms with Gasteiger partial charge >= 0.3 is 6.18 Å². The number of hydrogen-bond acceptors (Lipinski definition) is 2. The van der Waals surface area contributed by atoms with Gasteiger partial charge in [-0.05, 0) is 11.6 Å². The Morgan fingerprint density at radius 3 is 2.24 bits per heavy atom. The molecule has 0 aliphatic carbocycles. The lowest BCUT2D eigenvalue weighted by Gasteiger charge is -2.16. The molecule has 0 unspecified atom stereocenters. The van der Waals surface area contributed by atoms with Crippen LogP contribution < -0.4 is 5.73 Å². The largest absolute Gasteiger partial charge is 0.506 e. The molecule has 1 amide bonds. The van der Waals surface area contributed by atoms with E-state index in [-0.39, 0.29) is 11.1 Å². The normalized spacial score (nSPS) is 11.4. The molecule has 0 heterocycles. The number of benzene rings is 2. The molecule has 3 nitrogen and oxygen atoms in total. The van der Waals surface area contributed by atoms with E-state index in [1.165, 1.54) is 12.1 Å². The van der Waals surface area contributed by atoms with Gasteiger partial charge in [-0.3, -0.25) is 4.79 Å². The maximum atomic E-state index is 13.0. The number of aromatic hydroxyl groups is 1. The molecule has 0 aromatic heterocycles. The van der Waals surface area contributed by atoms with Crippen molar-refractivity contribution in [3.05, 3.63) is 52.5 Å². The number of rotatable bonds is 2. The summed E-state index contributed by atoms with van der Waals surface area (Å²) in [5, 5.41) is 9.35. The van der Waals surface area contributed by atoms with Crippen molar-refractivity contribution >= 4 is 17.5 Å². The second-order valence-corrected chi connectivity index (χ2v) is 4.62. The molecule has 0 atom stereocenters. The van der Waals surface area contributed by atoms with Crippen LogP contribution in [0.2, 0.25) is 5.02 Å². The molecule has 0 saturated heterocycles. The molecule has 0 saturated carbocycles. The highest BCUT2D eigenvalue weighted by molar-refractivity contribution is 6.35. The number of hydrogen-bond donors (Lipinski definition) is 2. The standard InChI is InChI=1S/C14H9ClF3NO2/c15-11-9(14(16,17)18)6-8(13(19)21)12(20)10(11)7-4-2-1-3-5-7/h1-6,20H,(H2,19,21). The van der Waals surface area contributed by atoms with Crippen LogP contribution in [0, 0.1) is 0 Å². The number of amides is 1. The fraction of sp³-hybridized carbons (Fsp3) is 0.0714. The van der Waals surface area contributed by atoms with E-state index in [2.05, 4.69) is 0 Å². The van der Waals surface area contributed by atoms with Crippen molar-refractivity contribution in [3.63, 3.8) is 0 Å². The van der Waals surface area contributed by atoms with Gasteiger partial charge in [0.25, 0.3) is 5.91 Å². The zero-order valence-electron chi connectivity index (χ0n) is 10.4. The fourth-order valence-electron chi connectivity index (χ4n) is 1.91. The van der Waals surface area contributed by atoms with Crippen LogP contribution in [-0.2, 0) is 6.18 Å². The molecule has 110 valence electrons. The first-order valence-electron chi connectivity index (χ1n) is 5.71. The number of alkyl halides is 3. The Hall–Kier alpha value is -2.21. The van der Waals surface area contributed by atoms with Gasteiger partial charge in [-0.25, -0.2) is 0 Å². The molecule has 0 fully saturated rings. The van der Waals surface area contributed by atoms with Gasteiger partial charge in [0.2, 0.25) is 0 Å². The van der Waals surface area contributed by atoms with Crippen molar-refractivity contribution < 1.29 is 23.1 Å². The molecule has 2 rings (SSSR count). The molecule has 2 aromatic rings. The Morgan fingerprint density at radius 1 is 1.19 bits per heavy atom. The molecular weight excluding hydrogens is 307 g/mol. The molecular formula is C14H9ClF3NO2. The molecule has 2 aromatic carbocycles. The molecule has 21 heavy (non-hydrogen) atoms. The number of primary amides is 1. The van der Waals surface area contributed by atoms with Gasteiger partial charge in [0.05, 0.1) is 16.1 Å². The topological polar surface area (TPSA) is 63.3 Å². The molecule has 0 radical (unpaired) electrons. The number of halogens is 4. The molecule has 3 N–H and O–H groups in total. The highest BCUT2D eigenvalue weighted by Gasteiger charge is 2.36. The highest BCUT2D eigenvalue weighted by atomic mass is 35.5. The van der Waals surface area contributed by atoms with Crippen LogP contribution in [0.5, 0.6) is 5.75 Å². The van der Waals surface area contributed by atoms with Gasteiger partial charge in [-0.1, -0.05) is 41.9 Å². The number of carbonyl (C=O) groups excluding carboxylic acids is 1. The van der Waals surface area contributed by atoms with E-state index in [4.69, 9.17) is 17.3 Å². The zero-order valence-corrected chi connectivity index (χ0v) is 11.2. The second kappa shape index (κ2) is 5.29. The van der Waals surface area contributed by atoms with Crippen molar-refractivity contribution in [2.45, 2.75) is 6.18 Å². The molecule has 0 bridgehead atoms. The van der Waals surface area contributed by atoms with Crippen LogP contribution >= 0.6 is 11.6 Å². The van der Waals surface area contributed by atoms with Crippen LogP contribution in [-0.4, -0.2) is 11.0 Å². The smallest absolute Gasteiger partial charge is 0.417 e. The Morgan fingerprint density at radius 2 is 1.76 bits per heavy atom. The van der Waals surface area contributed by atoms with Crippen molar-refractivity contribution in [1.29, 1.82) is 0 Å². The quantitative estimate of drug-likeness (QED) is 0.884.